The molecule has 1 aromatic carbocycles. The Bertz CT molecular complexity index is 1090. The van der Waals surface area contributed by atoms with Gasteiger partial charge in [-0.25, -0.2) is 9.37 Å². The Balaban J connectivity index is 1.61. The number of piperazine rings is 1. The van der Waals surface area contributed by atoms with Gasteiger partial charge in [0.25, 0.3) is 5.91 Å². The normalized spacial score (nSPS) is 14.3. The Morgan fingerprint density at radius 2 is 2.10 bits per heavy atom. The van der Waals surface area contributed by atoms with Gasteiger partial charge in [-0.05, 0) is 18.1 Å². The molecule has 0 spiro atoms. The first kappa shape index (κ1) is 21.0. The van der Waals surface area contributed by atoms with Gasteiger partial charge in [-0.2, -0.15) is 10.1 Å². The monoisotopic (exact) mass is 427 g/mol. The number of ether oxygens (including phenoxy) is 1. The van der Waals surface area contributed by atoms with E-state index in [4.69, 9.17) is 4.74 Å². The average Bonchev–Trinajstić information content (AvgIpc) is 3.13. The minimum absolute atomic E-state index is 0.200. The Kier molecular flexibility index (Phi) is 5.99. The van der Waals surface area contributed by atoms with Gasteiger partial charge in [0.05, 0.1) is 6.61 Å². The summed E-state index contributed by atoms with van der Waals surface area (Å²) in [6.45, 7) is 7.69. The Hall–Kier alpha value is -3.27. The number of hydrogen-bond donors (Lipinski definition) is 2. The molecule has 2 N–H and O–H groups in total. The highest BCUT2D eigenvalue weighted by atomic mass is 19.1. The minimum atomic E-state index is -0.505. The second-order valence-electron chi connectivity index (χ2n) is 7.98. The van der Waals surface area contributed by atoms with Crippen molar-refractivity contribution in [1.82, 2.24) is 25.1 Å². The number of nitrogens with one attached hydrogen (secondary N) is 2. The number of aromatic nitrogens is 4. The highest BCUT2D eigenvalue weighted by Gasteiger charge is 2.21. The lowest BCUT2D eigenvalue weighted by molar-refractivity contribution is 0.102. The SMILES string of the molecule is CC(C)COc1nc(N2CCNCC2)ncc1C(=O)Nc1cc(F)c2nn(C)cc2c1. The van der Waals surface area contributed by atoms with Crippen LogP contribution in [-0.4, -0.2) is 58.4 Å². The molecule has 0 saturated carbocycles. The second-order valence-corrected chi connectivity index (χ2v) is 7.98. The second kappa shape index (κ2) is 8.84. The van der Waals surface area contributed by atoms with Crippen molar-refractivity contribution in [3.05, 3.63) is 35.9 Å². The molecule has 3 heterocycles. The molecule has 4 rings (SSSR count). The number of anilines is 2. The summed E-state index contributed by atoms with van der Waals surface area (Å²) < 4.78 is 21.7. The number of rotatable bonds is 6. The van der Waals surface area contributed by atoms with Gasteiger partial charge in [0.15, 0.2) is 5.82 Å². The van der Waals surface area contributed by atoms with Crippen molar-refractivity contribution >= 4 is 28.4 Å². The van der Waals surface area contributed by atoms with E-state index in [2.05, 4.69) is 25.7 Å². The van der Waals surface area contributed by atoms with Crippen LogP contribution in [0.4, 0.5) is 16.0 Å². The number of amides is 1. The lowest BCUT2D eigenvalue weighted by Crippen LogP contribution is -2.44. The minimum Gasteiger partial charge on any atom is -0.477 e. The van der Waals surface area contributed by atoms with Crippen LogP contribution in [0.2, 0.25) is 0 Å². The van der Waals surface area contributed by atoms with Gasteiger partial charge >= 0.3 is 0 Å². The largest absolute Gasteiger partial charge is 0.477 e. The van der Waals surface area contributed by atoms with Crippen LogP contribution < -0.4 is 20.3 Å². The molecule has 164 valence electrons. The van der Waals surface area contributed by atoms with Gasteiger partial charge < -0.3 is 20.3 Å². The van der Waals surface area contributed by atoms with Crippen LogP contribution in [0.25, 0.3) is 10.9 Å². The lowest BCUT2D eigenvalue weighted by atomic mass is 10.2. The molecule has 3 aromatic rings. The van der Waals surface area contributed by atoms with E-state index >= 15 is 0 Å². The summed E-state index contributed by atoms with van der Waals surface area (Å²) in [7, 11) is 1.72. The third kappa shape index (κ3) is 4.74. The van der Waals surface area contributed by atoms with E-state index in [1.165, 1.54) is 16.9 Å². The molecule has 10 heteroatoms. The average molecular weight is 427 g/mol. The van der Waals surface area contributed by atoms with Crippen molar-refractivity contribution in [2.75, 3.05) is 43.0 Å². The van der Waals surface area contributed by atoms with Gasteiger partial charge in [-0.3, -0.25) is 9.48 Å². The smallest absolute Gasteiger partial charge is 0.262 e. The number of halogens is 1. The van der Waals surface area contributed by atoms with Crippen molar-refractivity contribution in [2.24, 2.45) is 13.0 Å². The van der Waals surface area contributed by atoms with E-state index in [0.717, 1.165) is 26.2 Å². The maximum Gasteiger partial charge on any atom is 0.262 e. The summed E-state index contributed by atoms with van der Waals surface area (Å²) in [6, 6.07) is 2.92. The molecule has 0 unspecified atom stereocenters. The van der Waals surface area contributed by atoms with Crippen LogP contribution in [-0.2, 0) is 7.05 Å². The molecule has 31 heavy (non-hydrogen) atoms. The molecular formula is C21H26FN7O2. The highest BCUT2D eigenvalue weighted by molar-refractivity contribution is 6.06. The Labute approximate surface area is 179 Å². The van der Waals surface area contributed by atoms with Crippen LogP contribution in [0.15, 0.2) is 24.5 Å². The molecule has 9 nitrogen and oxygen atoms in total. The van der Waals surface area contributed by atoms with Crippen molar-refractivity contribution in [1.29, 1.82) is 0 Å². The zero-order valence-electron chi connectivity index (χ0n) is 17.9. The fourth-order valence-electron chi connectivity index (χ4n) is 3.37. The predicted molar refractivity (Wildman–Crippen MR) is 116 cm³/mol. The van der Waals surface area contributed by atoms with E-state index in [9.17, 15) is 9.18 Å². The first-order valence-electron chi connectivity index (χ1n) is 10.3. The van der Waals surface area contributed by atoms with Crippen molar-refractivity contribution < 1.29 is 13.9 Å². The van der Waals surface area contributed by atoms with Crippen LogP contribution in [0, 0.1) is 11.7 Å². The first-order chi connectivity index (χ1) is 14.9. The summed E-state index contributed by atoms with van der Waals surface area (Å²) in [5, 5.41) is 10.7. The third-order valence-electron chi connectivity index (χ3n) is 4.87. The number of carbonyl (C=O) groups is 1. The number of aryl methyl sites for hydroxylation is 1. The number of hydrogen-bond acceptors (Lipinski definition) is 7. The standard InChI is InChI=1S/C21H26FN7O2/c1-13(2)12-31-20-16(10-24-21(26-20)29-6-4-23-5-7-29)19(30)25-15-8-14-11-28(3)27-18(14)17(22)9-15/h8-11,13,23H,4-7,12H2,1-3H3,(H,25,30). The van der Waals surface area contributed by atoms with E-state index < -0.39 is 11.7 Å². The molecule has 1 aliphatic rings. The van der Waals surface area contributed by atoms with Crippen LogP contribution in [0.1, 0.15) is 24.2 Å². The predicted octanol–water partition coefficient (Wildman–Crippen LogP) is 2.20. The molecule has 0 radical (unpaired) electrons. The maximum absolute atomic E-state index is 14.4. The first-order valence-corrected chi connectivity index (χ1v) is 10.3. The molecule has 0 aliphatic carbocycles. The molecule has 1 aliphatic heterocycles. The Morgan fingerprint density at radius 3 is 2.84 bits per heavy atom. The lowest BCUT2D eigenvalue weighted by Gasteiger charge is -2.27. The number of fused-ring (bicyclic) bond motifs is 1. The number of nitrogens with zero attached hydrogens (tertiary/aromatic N) is 5. The summed E-state index contributed by atoms with van der Waals surface area (Å²) in [5.41, 5.74) is 0.778. The fraction of sp³-hybridized carbons (Fsp3) is 0.429. The molecular weight excluding hydrogens is 401 g/mol. The maximum atomic E-state index is 14.4. The summed E-state index contributed by atoms with van der Waals surface area (Å²) in [6.07, 6.45) is 3.16. The van der Waals surface area contributed by atoms with Crippen LogP contribution in [0.5, 0.6) is 5.88 Å². The van der Waals surface area contributed by atoms with Crippen molar-refractivity contribution in [2.45, 2.75) is 13.8 Å². The van der Waals surface area contributed by atoms with Gasteiger partial charge in [-0.1, -0.05) is 13.8 Å². The van der Waals surface area contributed by atoms with E-state index in [-0.39, 0.29) is 22.9 Å². The molecule has 0 bridgehead atoms. The number of benzene rings is 1. The molecule has 0 atom stereocenters. The van der Waals surface area contributed by atoms with E-state index in [1.54, 1.807) is 19.3 Å². The zero-order chi connectivity index (χ0) is 22.0. The van der Waals surface area contributed by atoms with Crippen LogP contribution >= 0.6 is 0 Å². The van der Waals surface area contributed by atoms with Crippen molar-refractivity contribution in [3.8, 4) is 5.88 Å². The highest BCUT2D eigenvalue weighted by Crippen LogP contribution is 2.24. The quantitative estimate of drug-likeness (QED) is 0.622. The van der Waals surface area contributed by atoms with Gasteiger partial charge in [-0.15, -0.1) is 0 Å². The number of carbonyl (C=O) groups excluding carboxylic acids is 1. The molecule has 2 aromatic heterocycles. The van der Waals surface area contributed by atoms with Gasteiger partial charge in [0.1, 0.15) is 11.1 Å². The fourth-order valence-corrected chi connectivity index (χ4v) is 3.37. The molecule has 1 amide bonds. The third-order valence-corrected chi connectivity index (χ3v) is 4.87. The van der Waals surface area contributed by atoms with Gasteiger partial charge in [0.2, 0.25) is 11.8 Å². The van der Waals surface area contributed by atoms with E-state index in [1.807, 2.05) is 18.7 Å². The Morgan fingerprint density at radius 1 is 1.32 bits per heavy atom. The van der Waals surface area contributed by atoms with Crippen LogP contribution in [0.3, 0.4) is 0 Å². The van der Waals surface area contributed by atoms with Crippen molar-refractivity contribution in [3.63, 3.8) is 0 Å². The van der Waals surface area contributed by atoms with Gasteiger partial charge in [0, 0.05) is 56.7 Å². The zero-order valence-corrected chi connectivity index (χ0v) is 17.9. The van der Waals surface area contributed by atoms with E-state index in [0.29, 0.717) is 23.6 Å². The topological polar surface area (TPSA) is 97.2 Å². The summed E-state index contributed by atoms with van der Waals surface area (Å²) >= 11 is 0. The summed E-state index contributed by atoms with van der Waals surface area (Å²) in [5.74, 6) is 0.0381. The molecule has 1 saturated heterocycles. The molecule has 1 fully saturated rings. The summed E-state index contributed by atoms with van der Waals surface area (Å²) in [4.78, 5) is 23.9.